The summed E-state index contributed by atoms with van der Waals surface area (Å²) in [6.07, 6.45) is 0. The van der Waals surface area contributed by atoms with Crippen LogP contribution in [0.25, 0.3) is 111 Å². The van der Waals surface area contributed by atoms with Crippen LogP contribution in [0.4, 0.5) is 0 Å². The van der Waals surface area contributed by atoms with Crippen LogP contribution in [0.2, 0.25) is 0 Å². The highest BCUT2D eigenvalue weighted by atomic mass is 16.3. The summed E-state index contributed by atoms with van der Waals surface area (Å²) in [5, 5.41) is 8.54. The van der Waals surface area contributed by atoms with Crippen molar-refractivity contribution in [3.8, 4) is 45.3 Å². The summed E-state index contributed by atoms with van der Waals surface area (Å²) in [4.78, 5) is 15.4. The first-order chi connectivity index (χ1) is 25.7. The molecule has 3 aromatic heterocycles. The molecule has 0 aliphatic rings. The predicted molar refractivity (Wildman–Crippen MR) is 211 cm³/mol. The maximum absolute atomic E-state index is 6.75. The van der Waals surface area contributed by atoms with E-state index < -0.39 is 0 Å². The second kappa shape index (κ2) is 11.2. The molecule has 5 heteroatoms. The van der Waals surface area contributed by atoms with E-state index in [4.69, 9.17) is 23.8 Å². The van der Waals surface area contributed by atoms with Gasteiger partial charge in [-0.2, -0.15) is 0 Å². The first-order valence-electron chi connectivity index (χ1n) is 17.3. The molecule has 0 N–H and O–H groups in total. The van der Waals surface area contributed by atoms with Crippen LogP contribution >= 0.6 is 0 Å². The third kappa shape index (κ3) is 4.46. The van der Waals surface area contributed by atoms with Gasteiger partial charge in [0.15, 0.2) is 17.5 Å². The maximum Gasteiger partial charge on any atom is 0.164 e. The minimum atomic E-state index is 0.592. The van der Waals surface area contributed by atoms with E-state index in [2.05, 4.69) is 103 Å². The lowest BCUT2D eigenvalue weighted by Crippen LogP contribution is -2.00. The summed E-state index contributed by atoms with van der Waals surface area (Å²) in [6, 6.07) is 56.3. The molecule has 0 bridgehead atoms. The number of aromatic nitrogens is 3. The Balaban J connectivity index is 1.18. The average molecular weight is 666 g/mol. The summed E-state index contributed by atoms with van der Waals surface area (Å²) in [6.45, 7) is 0. The lowest BCUT2D eigenvalue weighted by molar-refractivity contribution is 0.669. The summed E-state index contributed by atoms with van der Waals surface area (Å²) < 4.78 is 13.0. The minimum Gasteiger partial charge on any atom is -0.456 e. The Labute approximate surface area is 297 Å². The molecule has 0 aliphatic heterocycles. The fourth-order valence-electron chi connectivity index (χ4n) is 7.64. The molecule has 0 unspecified atom stereocenters. The van der Waals surface area contributed by atoms with Crippen molar-refractivity contribution in [3.05, 3.63) is 164 Å². The second-order valence-electron chi connectivity index (χ2n) is 13.2. The van der Waals surface area contributed by atoms with E-state index >= 15 is 0 Å². The Hall–Kier alpha value is -7.11. The van der Waals surface area contributed by atoms with Crippen LogP contribution in [0.15, 0.2) is 173 Å². The number of rotatable bonds is 4. The highest BCUT2D eigenvalue weighted by molar-refractivity contribution is 6.22. The number of benzene rings is 8. The molecule has 11 aromatic rings. The molecule has 0 spiro atoms. The standard InChI is InChI=1S/C47H27N3O2/c1-2-12-29(13-3-1)45-48-46(33-24-21-28-11-4-5-14-30(28)25-33)50-47(49-45)38-27-32-23-22-31(26-37(32)44-43(38)36-16-7-9-19-40(36)52-44)34-17-10-20-41-42(34)35-15-6-8-18-39(35)51-41/h1-27H. The molecule has 8 aromatic carbocycles. The monoisotopic (exact) mass is 665 g/mol. The lowest BCUT2D eigenvalue weighted by Gasteiger charge is -2.12. The quantitative estimate of drug-likeness (QED) is 0.187. The van der Waals surface area contributed by atoms with Crippen LogP contribution in [-0.4, -0.2) is 15.0 Å². The molecule has 0 saturated carbocycles. The SMILES string of the molecule is c1ccc(-c2nc(-c3ccc4ccccc4c3)nc(-c3cc4ccc(-c5cccc6oc7ccccc7c56)cc4c4oc5ccccc5c34)n2)cc1. The molecule has 0 amide bonds. The summed E-state index contributed by atoms with van der Waals surface area (Å²) in [7, 11) is 0. The van der Waals surface area contributed by atoms with Crippen molar-refractivity contribution in [2.24, 2.45) is 0 Å². The molecular formula is C47H27N3O2. The maximum atomic E-state index is 6.75. The smallest absolute Gasteiger partial charge is 0.164 e. The van der Waals surface area contributed by atoms with E-state index in [-0.39, 0.29) is 0 Å². The van der Waals surface area contributed by atoms with Crippen LogP contribution in [0.1, 0.15) is 0 Å². The van der Waals surface area contributed by atoms with Gasteiger partial charge in [-0.25, -0.2) is 15.0 Å². The Morgan fingerprint density at radius 2 is 0.962 bits per heavy atom. The largest absolute Gasteiger partial charge is 0.456 e. The number of fused-ring (bicyclic) bond motifs is 9. The predicted octanol–water partition coefficient (Wildman–Crippen LogP) is 12.6. The van der Waals surface area contributed by atoms with Gasteiger partial charge < -0.3 is 8.83 Å². The Morgan fingerprint density at radius 3 is 1.81 bits per heavy atom. The normalized spacial score (nSPS) is 11.8. The van der Waals surface area contributed by atoms with E-state index in [9.17, 15) is 0 Å². The van der Waals surface area contributed by atoms with Gasteiger partial charge in [-0.05, 0) is 63.7 Å². The van der Waals surface area contributed by atoms with E-state index in [1.807, 2.05) is 60.7 Å². The van der Waals surface area contributed by atoms with E-state index in [0.717, 1.165) is 87.9 Å². The van der Waals surface area contributed by atoms with Crippen molar-refractivity contribution in [2.75, 3.05) is 0 Å². The van der Waals surface area contributed by atoms with E-state index in [1.54, 1.807) is 0 Å². The number of hydrogen-bond acceptors (Lipinski definition) is 5. The van der Waals surface area contributed by atoms with Gasteiger partial charge in [-0.1, -0.05) is 127 Å². The highest BCUT2D eigenvalue weighted by Crippen LogP contribution is 2.43. The van der Waals surface area contributed by atoms with Crippen molar-refractivity contribution in [2.45, 2.75) is 0 Å². The van der Waals surface area contributed by atoms with E-state index in [0.29, 0.717) is 17.5 Å². The van der Waals surface area contributed by atoms with Gasteiger partial charge in [-0.15, -0.1) is 0 Å². The molecular weight excluding hydrogens is 639 g/mol. The molecule has 11 rings (SSSR count). The van der Waals surface area contributed by atoms with E-state index in [1.165, 1.54) is 5.39 Å². The summed E-state index contributed by atoms with van der Waals surface area (Å²) >= 11 is 0. The van der Waals surface area contributed by atoms with Crippen LogP contribution in [0, 0.1) is 0 Å². The first kappa shape index (κ1) is 28.7. The van der Waals surface area contributed by atoms with Crippen molar-refractivity contribution in [3.63, 3.8) is 0 Å². The van der Waals surface area contributed by atoms with Gasteiger partial charge in [0, 0.05) is 43.6 Å². The van der Waals surface area contributed by atoms with Gasteiger partial charge in [-0.3, -0.25) is 0 Å². The Kier molecular flexibility index (Phi) is 6.18. The first-order valence-corrected chi connectivity index (χ1v) is 17.3. The Morgan fingerprint density at radius 1 is 0.327 bits per heavy atom. The number of para-hydroxylation sites is 2. The second-order valence-corrected chi connectivity index (χ2v) is 13.2. The molecule has 52 heavy (non-hydrogen) atoms. The third-order valence-corrected chi connectivity index (χ3v) is 10.1. The zero-order chi connectivity index (χ0) is 34.2. The summed E-state index contributed by atoms with van der Waals surface area (Å²) in [5.41, 5.74) is 8.31. The molecule has 0 atom stereocenters. The topological polar surface area (TPSA) is 65.0 Å². The van der Waals surface area contributed by atoms with Crippen LogP contribution in [0.5, 0.6) is 0 Å². The van der Waals surface area contributed by atoms with Crippen molar-refractivity contribution in [1.82, 2.24) is 15.0 Å². The number of furan rings is 2. The zero-order valence-corrected chi connectivity index (χ0v) is 27.7. The van der Waals surface area contributed by atoms with Gasteiger partial charge in [0.05, 0.1) is 0 Å². The van der Waals surface area contributed by atoms with Gasteiger partial charge in [0.2, 0.25) is 0 Å². The molecule has 242 valence electrons. The molecule has 5 nitrogen and oxygen atoms in total. The van der Waals surface area contributed by atoms with Gasteiger partial charge in [0.1, 0.15) is 22.3 Å². The fraction of sp³-hybridized carbons (Fsp3) is 0. The fourth-order valence-corrected chi connectivity index (χ4v) is 7.64. The third-order valence-electron chi connectivity index (χ3n) is 10.1. The molecule has 0 saturated heterocycles. The molecule has 0 aliphatic carbocycles. The Bertz CT molecular complexity index is 3190. The number of hydrogen-bond donors (Lipinski definition) is 0. The van der Waals surface area contributed by atoms with Crippen molar-refractivity contribution >= 4 is 65.4 Å². The summed E-state index contributed by atoms with van der Waals surface area (Å²) in [5.74, 6) is 1.83. The molecule has 3 heterocycles. The van der Waals surface area contributed by atoms with Crippen molar-refractivity contribution < 1.29 is 8.83 Å². The van der Waals surface area contributed by atoms with Crippen LogP contribution in [-0.2, 0) is 0 Å². The van der Waals surface area contributed by atoms with Crippen LogP contribution < -0.4 is 0 Å². The average Bonchev–Trinajstić information content (AvgIpc) is 3.80. The van der Waals surface area contributed by atoms with Gasteiger partial charge in [0.25, 0.3) is 0 Å². The minimum absolute atomic E-state index is 0.592. The molecule has 0 radical (unpaired) electrons. The van der Waals surface area contributed by atoms with Crippen molar-refractivity contribution in [1.29, 1.82) is 0 Å². The molecule has 0 fully saturated rings. The lowest BCUT2D eigenvalue weighted by atomic mass is 9.94. The number of nitrogens with zero attached hydrogens (tertiary/aromatic N) is 3. The van der Waals surface area contributed by atoms with Gasteiger partial charge >= 0.3 is 0 Å². The highest BCUT2D eigenvalue weighted by Gasteiger charge is 2.21. The zero-order valence-electron chi connectivity index (χ0n) is 27.7. The van der Waals surface area contributed by atoms with Crippen LogP contribution in [0.3, 0.4) is 0 Å².